The summed E-state index contributed by atoms with van der Waals surface area (Å²) in [5, 5.41) is 11.6. The lowest BCUT2D eigenvalue weighted by Gasteiger charge is -2.27. The Balaban J connectivity index is 2.66. The van der Waals surface area contributed by atoms with E-state index in [1.807, 2.05) is 6.92 Å². The average molecular weight is 305 g/mol. The predicted octanol–water partition coefficient (Wildman–Crippen LogP) is 1.60. The summed E-state index contributed by atoms with van der Waals surface area (Å²) >= 11 is 0. The Kier molecular flexibility index (Phi) is 6.75. The lowest BCUT2D eigenvalue weighted by molar-refractivity contribution is 0.310. The van der Waals surface area contributed by atoms with Crippen LogP contribution < -0.4 is 5.73 Å². The molecule has 0 spiro atoms. The molecule has 1 unspecified atom stereocenters. The highest BCUT2D eigenvalue weighted by Crippen LogP contribution is 2.26. The quantitative estimate of drug-likeness (QED) is 0.323. The van der Waals surface area contributed by atoms with Crippen LogP contribution in [-0.2, 0) is 10.0 Å². The third-order valence-electron chi connectivity index (χ3n) is 4.02. The molecule has 0 heterocycles. The highest BCUT2D eigenvalue weighted by Gasteiger charge is 2.28. The van der Waals surface area contributed by atoms with Gasteiger partial charge in [-0.3, -0.25) is 0 Å². The van der Waals surface area contributed by atoms with E-state index in [-0.39, 0.29) is 30.0 Å². The predicted molar refractivity (Wildman–Crippen MR) is 80.2 cm³/mol. The van der Waals surface area contributed by atoms with Crippen molar-refractivity contribution in [1.29, 1.82) is 0 Å². The van der Waals surface area contributed by atoms with Crippen LogP contribution in [0.15, 0.2) is 5.16 Å². The second-order valence-corrected chi connectivity index (χ2v) is 7.67. The molecular formula is C13H27N3O3S. The number of hydrogen-bond acceptors (Lipinski definition) is 4. The minimum Gasteiger partial charge on any atom is -0.409 e. The molecule has 1 rings (SSSR count). The average Bonchev–Trinajstić information content (AvgIpc) is 2.43. The van der Waals surface area contributed by atoms with Crippen LogP contribution in [-0.4, -0.2) is 42.6 Å². The summed E-state index contributed by atoms with van der Waals surface area (Å²) in [6.45, 7) is 4.25. The molecule has 1 fully saturated rings. The molecule has 118 valence electrons. The number of rotatable bonds is 7. The Morgan fingerprint density at radius 3 is 2.50 bits per heavy atom. The first kappa shape index (κ1) is 17.2. The largest absolute Gasteiger partial charge is 0.409 e. The van der Waals surface area contributed by atoms with E-state index >= 15 is 0 Å². The summed E-state index contributed by atoms with van der Waals surface area (Å²) in [6, 6.07) is 0. The van der Waals surface area contributed by atoms with Gasteiger partial charge in [-0.15, -0.1) is 0 Å². The lowest BCUT2D eigenvalue weighted by Crippen LogP contribution is -2.41. The third kappa shape index (κ3) is 4.94. The topological polar surface area (TPSA) is 96.0 Å². The zero-order valence-corrected chi connectivity index (χ0v) is 13.3. The van der Waals surface area contributed by atoms with Crippen LogP contribution >= 0.6 is 0 Å². The van der Waals surface area contributed by atoms with Gasteiger partial charge < -0.3 is 10.9 Å². The van der Waals surface area contributed by atoms with Crippen molar-refractivity contribution in [2.45, 2.75) is 46.0 Å². The zero-order chi connectivity index (χ0) is 15.2. The van der Waals surface area contributed by atoms with Crippen molar-refractivity contribution in [3.63, 3.8) is 0 Å². The van der Waals surface area contributed by atoms with Gasteiger partial charge in [-0.05, 0) is 18.8 Å². The van der Waals surface area contributed by atoms with E-state index in [0.717, 1.165) is 25.7 Å². The maximum absolute atomic E-state index is 12.5. The Labute approximate surface area is 122 Å². The summed E-state index contributed by atoms with van der Waals surface area (Å²) in [5.74, 6) is 0.281. The van der Waals surface area contributed by atoms with Gasteiger partial charge in [0.25, 0.3) is 0 Å². The minimum atomic E-state index is -3.27. The monoisotopic (exact) mass is 305 g/mol. The van der Waals surface area contributed by atoms with Crippen molar-refractivity contribution in [2.24, 2.45) is 22.7 Å². The Bertz CT molecular complexity index is 417. The van der Waals surface area contributed by atoms with Crippen molar-refractivity contribution in [2.75, 3.05) is 18.8 Å². The summed E-state index contributed by atoms with van der Waals surface area (Å²) in [5.41, 5.74) is 5.53. The molecule has 3 N–H and O–H groups in total. The molecule has 0 aliphatic heterocycles. The molecule has 0 aromatic heterocycles. The Hall–Kier alpha value is -0.820. The first-order valence-electron chi connectivity index (χ1n) is 7.36. The number of hydrogen-bond donors (Lipinski definition) is 2. The van der Waals surface area contributed by atoms with E-state index in [2.05, 4.69) is 5.16 Å². The molecular weight excluding hydrogens is 278 g/mol. The van der Waals surface area contributed by atoms with Gasteiger partial charge in [0, 0.05) is 19.0 Å². The van der Waals surface area contributed by atoms with Crippen LogP contribution in [0.4, 0.5) is 0 Å². The molecule has 20 heavy (non-hydrogen) atoms. The van der Waals surface area contributed by atoms with Gasteiger partial charge in [0.2, 0.25) is 10.0 Å². The molecule has 1 atom stereocenters. The molecule has 7 heteroatoms. The zero-order valence-electron chi connectivity index (χ0n) is 12.5. The number of oxime groups is 1. The van der Waals surface area contributed by atoms with E-state index in [0.29, 0.717) is 6.54 Å². The van der Waals surface area contributed by atoms with E-state index < -0.39 is 10.0 Å². The van der Waals surface area contributed by atoms with Crippen LogP contribution in [0.3, 0.4) is 0 Å². The van der Waals surface area contributed by atoms with Gasteiger partial charge in [-0.2, -0.15) is 0 Å². The number of nitrogens with zero attached hydrogens (tertiary/aromatic N) is 2. The summed E-state index contributed by atoms with van der Waals surface area (Å²) in [4.78, 5) is 0. The fraction of sp³-hybridized carbons (Fsp3) is 0.923. The molecule has 0 amide bonds. The van der Waals surface area contributed by atoms with E-state index in [9.17, 15) is 8.42 Å². The van der Waals surface area contributed by atoms with Crippen LogP contribution in [0.5, 0.6) is 0 Å². The van der Waals surface area contributed by atoms with Gasteiger partial charge in [0.05, 0.1) is 5.75 Å². The molecule has 0 aromatic rings. The highest BCUT2D eigenvalue weighted by molar-refractivity contribution is 7.89. The lowest BCUT2D eigenvalue weighted by atomic mass is 9.91. The van der Waals surface area contributed by atoms with Gasteiger partial charge >= 0.3 is 0 Å². The maximum Gasteiger partial charge on any atom is 0.214 e. The first-order valence-corrected chi connectivity index (χ1v) is 8.96. The number of nitrogens with two attached hydrogens (primary N) is 1. The second kappa shape index (κ2) is 7.83. The standard InChI is InChI=1S/C13H27N3O3S/c1-3-16(9-11(2)13(14)15-17)20(18,19)10-12-7-5-4-6-8-12/h11-12,17H,3-10H2,1-2H3,(H2,14,15). The van der Waals surface area contributed by atoms with Crippen LogP contribution in [0.25, 0.3) is 0 Å². The molecule has 0 radical (unpaired) electrons. The van der Waals surface area contributed by atoms with E-state index in [1.165, 1.54) is 10.7 Å². The first-order chi connectivity index (χ1) is 9.40. The van der Waals surface area contributed by atoms with Crippen molar-refractivity contribution in [1.82, 2.24) is 4.31 Å². The molecule has 6 nitrogen and oxygen atoms in total. The summed E-state index contributed by atoms with van der Waals surface area (Å²) in [6.07, 6.45) is 5.49. The third-order valence-corrected chi connectivity index (χ3v) is 6.10. The molecule has 1 aliphatic rings. The van der Waals surface area contributed by atoms with E-state index in [4.69, 9.17) is 10.9 Å². The molecule has 0 aromatic carbocycles. The molecule has 0 bridgehead atoms. The fourth-order valence-corrected chi connectivity index (χ4v) is 4.68. The number of sulfonamides is 1. The summed E-state index contributed by atoms with van der Waals surface area (Å²) in [7, 11) is -3.27. The van der Waals surface area contributed by atoms with Crippen LogP contribution in [0.1, 0.15) is 46.0 Å². The smallest absolute Gasteiger partial charge is 0.214 e. The molecule has 0 saturated heterocycles. The highest BCUT2D eigenvalue weighted by atomic mass is 32.2. The van der Waals surface area contributed by atoms with Crippen LogP contribution in [0.2, 0.25) is 0 Å². The summed E-state index contributed by atoms with van der Waals surface area (Å²) < 4.78 is 26.4. The van der Waals surface area contributed by atoms with Crippen molar-refractivity contribution >= 4 is 15.9 Å². The van der Waals surface area contributed by atoms with E-state index in [1.54, 1.807) is 6.92 Å². The van der Waals surface area contributed by atoms with Crippen LogP contribution in [0, 0.1) is 11.8 Å². The van der Waals surface area contributed by atoms with Crippen molar-refractivity contribution < 1.29 is 13.6 Å². The maximum atomic E-state index is 12.5. The Morgan fingerprint density at radius 1 is 1.40 bits per heavy atom. The SMILES string of the molecule is CCN(CC(C)C(N)=NO)S(=O)(=O)CC1CCCCC1. The normalized spacial score (nSPS) is 20.2. The Morgan fingerprint density at radius 2 is 2.00 bits per heavy atom. The molecule has 1 aliphatic carbocycles. The van der Waals surface area contributed by atoms with Crippen molar-refractivity contribution in [3.05, 3.63) is 0 Å². The van der Waals surface area contributed by atoms with Gasteiger partial charge in [-0.1, -0.05) is 38.3 Å². The second-order valence-electron chi connectivity index (χ2n) is 5.66. The van der Waals surface area contributed by atoms with Gasteiger partial charge in [0.1, 0.15) is 5.84 Å². The van der Waals surface area contributed by atoms with Crippen molar-refractivity contribution in [3.8, 4) is 0 Å². The minimum absolute atomic E-state index is 0.0660. The van der Waals surface area contributed by atoms with Gasteiger partial charge in [0.15, 0.2) is 0 Å². The number of amidine groups is 1. The molecule has 1 saturated carbocycles. The van der Waals surface area contributed by atoms with Gasteiger partial charge in [-0.25, -0.2) is 12.7 Å². The fourth-order valence-electron chi connectivity index (χ4n) is 2.69.